The molecule has 0 N–H and O–H groups in total. The quantitative estimate of drug-likeness (QED) is 0.419. The molecule has 0 radical (unpaired) electrons. The minimum absolute atomic E-state index is 0.0881. The average Bonchev–Trinajstić information content (AvgIpc) is 3.64. The smallest absolute Gasteiger partial charge is 0.254 e. The van der Waals surface area contributed by atoms with Gasteiger partial charge in [0.15, 0.2) is 23.0 Å². The zero-order valence-electron chi connectivity index (χ0n) is 19.0. The van der Waals surface area contributed by atoms with E-state index in [1.807, 2.05) is 35.7 Å². The first-order valence-corrected chi connectivity index (χ1v) is 12.0. The van der Waals surface area contributed by atoms with Crippen LogP contribution in [0.2, 0.25) is 0 Å². The molecule has 0 aliphatic carbocycles. The van der Waals surface area contributed by atoms with Crippen molar-refractivity contribution in [1.29, 1.82) is 0 Å². The molecule has 2 amide bonds. The van der Waals surface area contributed by atoms with E-state index < -0.39 is 0 Å². The number of carbonyl (C=O) groups excluding carboxylic acids is 2. The highest BCUT2D eigenvalue weighted by Crippen LogP contribution is 2.34. The lowest BCUT2D eigenvalue weighted by Crippen LogP contribution is -2.42. The molecule has 1 aromatic heterocycles. The van der Waals surface area contributed by atoms with Crippen LogP contribution in [0.3, 0.4) is 0 Å². The Balaban J connectivity index is 1.34. The van der Waals surface area contributed by atoms with Gasteiger partial charge in [-0.1, -0.05) is 18.2 Å². The molecular weight excluding hydrogens is 468 g/mol. The number of fused-ring (bicyclic) bond motifs is 2. The summed E-state index contributed by atoms with van der Waals surface area (Å²) in [6.45, 7) is 5.02. The summed E-state index contributed by atoms with van der Waals surface area (Å²) in [4.78, 5) is 31.1. The SMILES string of the molecule is C=CCN(CC(=O)N(Cc1ccc2c(c1)OCO2)Cc1cccs1)C(=O)c1ccc2c(c1)OCO2. The van der Waals surface area contributed by atoms with E-state index in [-0.39, 0.29) is 38.5 Å². The maximum atomic E-state index is 13.5. The molecule has 0 spiro atoms. The Morgan fingerprint density at radius 2 is 1.60 bits per heavy atom. The molecule has 2 aliphatic rings. The number of hydrogen-bond acceptors (Lipinski definition) is 7. The van der Waals surface area contributed by atoms with Crippen molar-refractivity contribution < 1.29 is 28.5 Å². The van der Waals surface area contributed by atoms with Crippen LogP contribution in [0.1, 0.15) is 20.8 Å². The lowest BCUT2D eigenvalue weighted by molar-refractivity contribution is -0.133. The highest BCUT2D eigenvalue weighted by atomic mass is 32.1. The summed E-state index contributed by atoms with van der Waals surface area (Å²) in [5.74, 6) is 2.01. The van der Waals surface area contributed by atoms with Gasteiger partial charge in [0.1, 0.15) is 6.54 Å². The zero-order chi connectivity index (χ0) is 24.2. The Labute approximate surface area is 206 Å². The predicted octanol–water partition coefficient (Wildman–Crippen LogP) is 4.06. The molecule has 2 aromatic carbocycles. The van der Waals surface area contributed by atoms with Crippen LogP contribution in [-0.2, 0) is 17.9 Å². The van der Waals surface area contributed by atoms with E-state index >= 15 is 0 Å². The number of rotatable bonds is 9. The average molecular weight is 493 g/mol. The molecule has 3 heterocycles. The van der Waals surface area contributed by atoms with Gasteiger partial charge in [0.2, 0.25) is 19.5 Å². The van der Waals surface area contributed by atoms with Gasteiger partial charge >= 0.3 is 0 Å². The van der Waals surface area contributed by atoms with E-state index in [0.29, 0.717) is 41.7 Å². The van der Waals surface area contributed by atoms with Crippen molar-refractivity contribution in [3.8, 4) is 23.0 Å². The fraction of sp³-hybridized carbons (Fsp3) is 0.231. The number of amides is 2. The molecule has 9 heteroatoms. The van der Waals surface area contributed by atoms with E-state index in [4.69, 9.17) is 18.9 Å². The van der Waals surface area contributed by atoms with Gasteiger partial charge in [-0.3, -0.25) is 9.59 Å². The number of hydrogen-bond donors (Lipinski definition) is 0. The molecule has 0 saturated heterocycles. The van der Waals surface area contributed by atoms with Gasteiger partial charge in [-0.05, 0) is 47.3 Å². The van der Waals surface area contributed by atoms with Crippen LogP contribution >= 0.6 is 11.3 Å². The molecular formula is C26H24N2O6S. The van der Waals surface area contributed by atoms with Gasteiger partial charge in [-0.2, -0.15) is 0 Å². The summed E-state index contributed by atoms with van der Waals surface area (Å²) in [5, 5.41) is 1.98. The zero-order valence-corrected chi connectivity index (χ0v) is 19.8. The highest BCUT2D eigenvalue weighted by Gasteiger charge is 2.25. The summed E-state index contributed by atoms with van der Waals surface area (Å²) in [6.07, 6.45) is 1.61. The lowest BCUT2D eigenvalue weighted by atomic mass is 10.1. The van der Waals surface area contributed by atoms with Crippen LogP contribution < -0.4 is 18.9 Å². The van der Waals surface area contributed by atoms with Gasteiger partial charge in [0.25, 0.3) is 5.91 Å². The van der Waals surface area contributed by atoms with Gasteiger partial charge in [-0.25, -0.2) is 0 Å². The normalized spacial score (nSPS) is 12.9. The first kappa shape index (κ1) is 22.8. The molecule has 0 fully saturated rings. The third-order valence-corrected chi connectivity index (χ3v) is 6.53. The number of carbonyl (C=O) groups is 2. The number of benzene rings is 2. The Bertz CT molecular complexity index is 1240. The van der Waals surface area contributed by atoms with Crippen LogP contribution in [0.4, 0.5) is 0 Å². The first-order chi connectivity index (χ1) is 17.1. The lowest BCUT2D eigenvalue weighted by Gasteiger charge is -2.27. The summed E-state index contributed by atoms with van der Waals surface area (Å²) >= 11 is 1.58. The van der Waals surface area contributed by atoms with Crippen molar-refractivity contribution in [3.63, 3.8) is 0 Å². The predicted molar refractivity (Wildman–Crippen MR) is 130 cm³/mol. The molecule has 3 aromatic rings. The van der Waals surface area contributed by atoms with Crippen LogP contribution in [-0.4, -0.2) is 48.3 Å². The summed E-state index contributed by atoms with van der Waals surface area (Å²) in [7, 11) is 0. The highest BCUT2D eigenvalue weighted by molar-refractivity contribution is 7.09. The third kappa shape index (κ3) is 5.09. The third-order valence-electron chi connectivity index (χ3n) is 5.67. The van der Waals surface area contributed by atoms with Crippen LogP contribution in [0.25, 0.3) is 0 Å². The van der Waals surface area contributed by atoms with Crippen molar-refractivity contribution in [3.05, 3.63) is 82.6 Å². The second-order valence-corrected chi connectivity index (χ2v) is 9.09. The second-order valence-electron chi connectivity index (χ2n) is 8.06. The number of nitrogens with zero attached hydrogens (tertiary/aromatic N) is 2. The minimum Gasteiger partial charge on any atom is -0.454 e. The van der Waals surface area contributed by atoms with Crippen LogP contribution in [0.5, 0.6) is 23.0 Å². The molecule has 2 aliphatic heterocycles. The number of thiophene rings is 1. The number of ether oxygens (including phenoxy) is 4. The maximum Gasteiger partial charge on any atom is 0.254 e. The summed E-state index contributed by atoms with van der Waals surface area (Å²) in [6, 6.07) is 14.6. The Hall–Kier alpha value is -3.98. The second kappa shape index (κ2) is 10.1. The van der Waals surface area contributed by atoms with E-state index in [0.717, 1.165) is 10.4 Å². The van der Waals surface area contributed by atoms with E-state index in [9.17, 15) is 9.59 Å². The Kier molecular flexibility index (Phi) is 6.58. The Morgan fingerprint density at radius 3 is 2.31 bits per heavy atom. The van der Waals surface area contributed by atoms with Crippen molar-refractivity contribution in [2.75, 3.05) is 26.7 Å². The molecule has 0 bridgehead atoms. The van der Waals surface area contributed by atoms with Crippen molar-refractivity contribution in [2.45, 2.75) is 13.1 Å². The van der Waals surface area contributed by atoms with Gasteiger partial charge < -0.3 is 28.7 Å². The molecule has 8 nitrogen and oxygen atoms in total. The molecule has 0 unspecified atom stereocenters. The molecule has 35 heavy (non-hydrogen) atoms. The summed E-state index contributed by atoms with van der Waals surface area (Å²) < 4.78 is 21.6. The standard InChI is InChI=1S/C26H24N2O6S/c1-2-9-27(26(30)19-6-8-22-24(12-19)34-17-32-22)15-25(29)28(14-20-4-3-10-35-20)13-18-5-7-21-23(11-18)33-16-31-21/h2-8,10-12H,1,9,13-17H2. The van der Waals surface area contributed by atoms with Crippen molar-refractivity contribution in [1.82, 2.24) is 9.80 Å². The van der Waals surface area contributed by atoms with Gasteiger partial charge in [-0.15, -0.1) is 17.9 Å². The molecule has 0 saturated carbocycles. The molecule has 0 atom stereocenters. The van der Waals surface area contributed by atoms with Crippen LogP contribution in [0, 0.1) is 0 Å². The van der Waals surface area contributed by atoms with E-state index in [2.05, 4.69) is 6.58 Å². The van der Waals surface area contributed by atoms with Gasteiger partial charge in [0, 0.05) is 23.5 Å². The monoisotopic (exact) mass is 492 g/mol. The first-order valence-electron chi connectivity index (χ1n) is 11.1. The fourth-order valence-electron chi connectivity index (χ4n) is 3.93. The van der Waals surface area contributed by atoms with Crippen LogP contribution in [0.15, 0.2) is 66.6 Å². The topological polar surface area (TPSA) is 77.5 Å². The maximum absolute atomic E-state index is 13.5. The molecule has 5 rings (SSSR count). The van der Waals surface area contributed by atoms with Crippen molar-refractivity contribution in [2.24, 2.45) is 0 Å². The Morgan fingerprint density at radius 1 is 0.886 bits per heavy atom. The molecule has 180 valence electrons. The largest absolute Gasteiger partial charge is 0.454 e. The van der Waals surface area contributed by atoms with Crippen molar-refractivity contribution >= 4 is 23.2 Å². The van der Waals surface area contributed by atoms with E-state index in [1.165, 1.54) is 4.90 Å². The minimum atomic E-state index is -0.282. The summed E-state index contributed by atoms with van der Waals surface area (Å²) in [5.41, 5.74) is 1.33. The van der Waals surface area contributed by atoms with E-state index in [1.54, 1.807) is 40.5 Å². The fourth-order valence-corrected chi connectivity index (χ4v) is 4.65. The van der Waals surface area contributed by atoms with Gasteiger partial charge in [0.05, 0.1) is 6.54 Å².